The lowest BCUT2D eigenvalue weighted by atomic mass is 10.0. The summed E-state index contributed by atoms with van der Waals surface area (Å²) in [6, 6.07) is 0. The number of aliphatic hydroxyl groups excluding tert-OH is 1. The lowest BCUT2D eigenvalue weighted by Gasteiger charge is -2.13. The van der Waals surface area contributed by atoms with Crippen LogP contribution in [-0.4, -0.2) is 64.3 Å². The second-order valence-corrected chi connectivity index (χ2v) is 9.43. The summed E-state index contributed by atoms with van der Waals surface area (Å²) in [5.41, 5.74) is 0. The average Bonchev–Trinajstić information content (AvgIpc) is 3.08. The van der Waals surface area contributed by atoms with Gasteiger partial charge in [0, 0.05) is 6.42 Å². The zero-order valence-electron chi connectivity index (χ0n) is 19.9. The number of hydrogen-bond donors (Lipinski definition) is 2. The second-order valence-electron chi connectivity index (χ2n) is 9.43. The molecule has 0 unspecified atom stereocenters. The molecule has 1 heterocycles. The van der Waals surface area contributed by atoms with E-state index in [9.17, 15) is 9.90 Å². The molecule has 0 atom stereocenters. The number of unbranched alkanes of at least 4 members (excludes halogenated alkanes) is 11. The minimum atomic E-state index is -0.735. The Morgan fingerprint density at radius 3 is 1.97 bits per heavy atom. The van der Waals surface area contributed by atoms with Crippen LogP contribution in [0.1, 0.15) is 110 Å². The number of amidine groups is 1. The molecule has 2 N–H and O–H groups in total. The molecule has 0 spiro atoms. The molecule has 0 saturated carbocycles. The zero-order valence-corrected chi connectivity index (χ0v) is 19.9. The highest BCUT2D eigenvalue weighted by Gasteiger charge is 2.29. The van der Waals surface area contributed by atoms with Crippen LogP contribution in [0.5, 0.6) is 0 Å². The average molecular weight is 426 g/mol. The summed E-state index contributed by atoms with van der Waals surface area (Å²) < 4.78 is 2.24. The minimum absolute atomic E-state index is 0.161. The summed E-state index contributed by atoms with van der Waals surface area (Å²) in [6.45, 7) is 7.84. The first-order valence-corrected chi connectivity index (χ1v) is 12.7. The second kappa shape index (κ2) is 17.6. The molecule has 0 fully saturated rings. The van der Waals surface area contributed by atoms with Gasteiger partial charge in [0.15, 0.2) is 0 Å². The zero-order chi connectivity index (χ0) is 22.0. The number of carbonyl (C=O) groups is 1. The topological polar surface area (TPSA) is 63.8 Å². The van der Waals surface area contributed by atoms with Crippen molar-refractivity contribution in [3.63, 3.8) is 0 Å². The molecular weight excluding hydrogens is 376 g/mol. The van der Waals surface area contributed by atoms with Crippen molar-refractivity contribution in [2.75, 3.05) is 32.8 Å². The first-order chi connectivity index (χ1) is 14.5. The van der Waals surface area contributed by atoms with E-state index in [1.54, 1.807) is 0 Å². The van der Waals surface area contributed by atoms with Gasteiger partial charge in [-0.3, -0.25) is 14.3 Å². The highest BCUT2D eigenvalue weighted by Crippen LogP contribution is 2.15. The summed E-state index contributed by atoms with van der Waals surface area (Å²) in [4.78, 5) is 13.1. The van der Waals surface area contributed by atoms with Gasteiger partial charge in [-0.1, -0.05) is 90.9 Å². The highest BCUT2D eigenvalue weighted by molar-refractivity contribution is 5.79. The molecule has 1 rings (SSSR count). The molecule has 5 nitrogen and oxygen atoms in total. The van der Waals surface area contributed by atoms with E-state index >= 15 is 0 Å². The Morgan fingerprint density at radius 2 is 1.47 bits per heavy atom. The smallest absolute Gasteiger partial charge is 0.307 e. The fraction of sp³-hybridized carbons (Fsp3) is 0.920. The van der Waals surface area contributed by atoms with E-state index in [-0.39, 0.29) is 13.0 Å². The molecule has 0 bridgehead atoms. The van der Waals surface area contributed by atoms with Crippen molar-refractivity contribution in [1.82, 2.24) is 4.90 Å². The number of rotatable bonds is 20. The number of hydrogen-bond acceptors (Lipinski definition) is 3. The van der Waals surface area contributed by atoms with E-state index in [4.69, 9.17) is 5.11 Å². The Balaban J connectivity index is 2.02. The quantitative estimate of drug-likeness (QED) is 0.205. The van der Waals surface area contributed by atoms with Crippen LogP contribution in [0.15, 0.2) is 0 Å². The summed E-state index contributed by atoms with van der Waals surface area (Å²) in [5.74, 6) is 1.37. The van der Waals surface area contributed by atoms with Gasteiger partial charge in [-0.2, -0.15) is 0 Å². The minimum Gasteiger partial charge on any atom is -0.481 e. The van der Waals surface area contributed by atoms with E-state index in [1.807, 2.05) is 0 Å². The molecule has 176 valence electrons. The van der Waals surface area contributed by atoms with Gasteiger partial charge >= 0.3 is 5.97 Å². The van der Waals surface area contributed by atoms with Crippen LogP contribution in [-0.2, 0) is 4.79 Å². The predicted octanol–water partition coefficient (Wildman–Crippen LogP) is 5.30. The van der Waals surface area contributed by atoms with Gasteiger partial charge in [0.1, 0.15) is 19.6 Å². The maximum Gasteiger partial charge on any atom is 0.307 e. The van der Waals surface area contributed by atoms with Gasteiger partial charge in [0.05, 0.1) is 19.6 Å². The van der Waals surface area contributed by atoms with E-state index in [1.165, 1.54) is 82.9 Å². The summed E-state index contributed by atoms with van der Waals surface area (Å²) in [5, 5.41) is 18.2. The molecule has 0 aromatic heterocycles. The molecule has 0 aliphatic carbocycles. The molecule has 1 aliphatic rings. The normalized spacial score (nSPS) is 14.3. The summed E-state index contributed by atoms with van der Waals surface area (Å²) in [6.07, 6.45) is 18.9. The van der Waals surface area contributed by atoms with E-state index in [0.29, 0.717) is 13.1 Å². The standard InChI is InChI=1S/C25H48N2O3/c1-23(2)15-13-11-9-7-5-3-4-6-8-10-12-14-16-24-26(18-17-25(29)30)19-20-27(24)21-22-28/h23,28H,3-22H2,1-2H3/p+1. The Morgan fingerprint density at radius 1 is 0.933 bits per heavy atom. The number of β-amino-alcohol motifs (C(OH)–C–C–N with tert-alkyl or cyclic N) is 1. The number of aliphatic hydroxyl groups is 1. The molecule has 1 aliphatic heterocycles. The van der Waals surface area contributed by atoms with Crippen molar-refractivity contribution in [2.45, 2.75) is 110 Å². The van der Waals surface area contributed by atoms with Crippen LogP contribution in [0, 0.1) is 5.92 Å². The SMILES string of the molecule is CC(C)CCCCCCCCCCCCCCC1=[N+](CCO)CCN1CCC(=O)O. The van der Waals surface area contributed by atoms with E-state index < -0.39 is 5.97 Å². The van der Waals surface area contributed by atoms with Crippen molar-refractivity contribution >= 4 is 11.8 Å². The third kappa shape index (κ3) is 13.3. The fourth-order valence-corrected chi connectivity index (χ4v) is 4.45. The summed E-state index contributed by atoms with van der Waals surface area (Å²) in [7, 11) is 0. The van der Waals surface area contributed by atoms with Crippen LogP contribution < -0.4 is 0 Å². The molecular formula is C25H49N2O3+. The Bertz CT molecular complexity index is 477. The molecule has 5 heteroatoms. The lowest BCUT2D eigenvalue weighted by Crippen LogP contribution is -2.32. The van der Waals surface area contributed by atoms with Gasteiger partial charge < -0.3 is 10.2 Å². The van der Waals surface area contributed by atoms with Crippen LogP contribution in [0.25, 0.3) is 0 Å². The van der Waals surface area contributed by atoms with Crippen LogP contribution in [0.4, 0.5) is 0 Å². The number of nitrogens with zero attached hydrogens (tertiary/aromatic N) is 2. The third-order valence-electron chi connectivity index (χ3n) is 6.27. The van der Waals surface area contributed by atoms with E-state index in [2.05, 4.69) is 23.3 Å². The van der Waals surface area contributed by atoms with Crippen molar-refractivity contribution in [2.24, 2.45) is 5.92 Å². The molecule has 0 saturated heterocycles. The molecule has 0 radical (unpaired) electrons. The summed E-state index contributed by atoms with van der Waals surface area (Å²) >= 11 is 0. The van der Waals surface area contributed by atoms with E-state index in [0.717, 1.165) is 31.8 Å². The van der Waals surface area contributed by atoms with Crippen molar-refractivity contribution in [3.05, 3.63) is 0 Å². The highest BCUT2D eigenvalue weighted by atomic mass is 16.4. The third-order valence-corrected chi connectivity index (χ3v) is 6.27. The first kappa shape index (κ1) is 26.9. The van der Waals surface area contributed by atoms with Crippen molar-refractivity contribution in [1.29, 1.82) is 0 Å². The maximum atomic E-state index is 10.9. The number of carboxylic acids is 1. The van der Waals surface area contributed by atoms with Gasteiger partial charge in [-0.05, 0) is 12.3 Å². The van der Waals surface area contributed by atoms with Crippen molar-refractivity contribution < 1.29 is 19.6 Å². The monoisotopic (exact) mass is 425 g/mol. The number of carboxylic acid groups (broad SMARTS) is 1. The lowest BCUT2D eigenvalue weighted by molar-refractivity contribution is -0.521. The predicted molar refractivity (Wildman–Crippen MR) is 125 cm³/mol. The molecule has 0 aromatic carbocycles. The fourth-order valence-electron chi connectivity index (χ4n) is 4.45. The molecule has 0 amide bonds. The van der Waals surface area contributed by atoms with Gasteiger partial charge in [-0.25, -0.2) is 0 Å². The maximum absolute atomic E-state index is 10.9. The van der Waals surface area contributed by atoms with Gasteiger partial charge in [0.2, 0.25) is 5.84 Å². The largest absolute Gasteiger partial charge is 0.481 e. The molecule has 30 heavy (non-hydrogen) atoms. The van der Waals surface area contributed by atoms with Gasteiger partial charge in [-0.15, -0.1) is 0 Å². The van der Waals surface area contributed by atoms with Crippen LogP contribution >= 0.6 is 0 Å². The Labute approximate surface area is 185 Å². The van der Waals surface area contributed by atoms with Crippen molar-refractivity contribution in [3.8, 4) is 0 Å². The van der Waals surface area contributed by atoms with Crippen LogP contribution in [0.2, 0.25) is 0 Å². The number of aliphatic carboxylic acids is 1. The van der Waals surface area contributed by atoms with Gasteiger partial charge in [0.25, 0.3) is 0 Å². The first-order valence-electron chi connectivity index (χ1n) is 12.7. The van der Waals surface area contributed by atoms with Crippen LogP contribution in [0.3, 0.4) is 0 Å². The Kier molecular flexibility index (Phi) is 15.8. The Hall–Kier alpha value is -1.10. The molecule has 0 aromatic rings.